The van der Waals surface area contributed by atoms with Crippen molar-refractivity contribution in [3.63, 3.8) is 0 Å². The molecular formula is C19H19N5O4S. The van der Waals surface area contributed by atoms with Gasteiger partial charge in [0.25, 0.3) is 15.9 Å². The van der Waals surface area contributed by atoms with E-state index in [1.807, 2.05) is 13.0 Å². The molecule has 1 aromatic carbocycles. The van der Waals surface area contributed by atoms with Gasteiger partial charge in [-0.05, 0) is 43.7 Å². The van der Waals surface area contributed by atoms with Crippen LogP contribution in [0.5, 0.6) is 0 Å². The highest BCUT2D eigenvalue weighted by molar-refractivity contribution is 7.90. The van der Waals surface area contributed by atoms with E-state index in [2.05, 4.69) is 25.2 Å². The first-order chi connectivity index (χ1) is 13.9. The Morgan fingerprint density at radius 3 is 2.79 bits per heavy atom. The number of H-pyrrole nitrogens is 1. The Bertz CT molecular complexity index is 1190. The Kier molecular flexibility index (Phi) is 4.93. The highest BCUT2D eigenvalue weighted by Crippen LogP contribution is 2.21. The Hall–Kier alpha value is -3.40. The van der Waals surface area contributed by atoms with E-state index in [4.69, 9.17) is 4.42 Å². The minimum Gasteiger partial charge on any atom is -0.460 e. The van der Waals surface area contributed by atoms with Crippen molar-refractivity contribution in [1.82, 2.24) is 14.9 Å². The summed E-state index contributed by atoms with van der Waals surface area (Å²) in [4.78, 5) is 16.7. The van der Waals surface area contributed by atoms with Gasteiger partial charge in [0.15, 0.2) is 11.5 Å². The van der Waals surface area contributed by atoms with Crippen LogP contribution in [0.4, 0.5) is 5.69 Å². The monoisotopic (exact) mass is 413 g/mol. The van der Waals surface area contributed by atoms with Gasteiger partial charge in [-0.15, -0.1) is 0 Å². The minimum absolute atomic E-state index is 0.0404. The van der Waals surface area contributed by atoms with Crippen LogP contribution in [0, 0.1) is 6.92 Å². The minimum atomic E-state index is -3.76. The molecule has 0 fully saturated rings. The molecule has 3 aromatic rings. The number of amides is 1. The van der Waals surface area contributed by atoms with Gasteiger partial charge in [-0.2, -0.15) is 5.10 Å². The number of hydrogen-bond acceptors (Lipinski definition) is 6. The van der Waals surface area contributed by atoms with Crippen LogP contribution in [-0.4, -0.2) is 36.9 Å². The number of aliphatic imine (C=N–C) groups is 1. The van der Waals surface area contributed by atoms with Crippen molar-refractivity contribution < 1.29 is 17.6 Å². The number of carbonyl (C=O) groups is 1. The van der Waals surface area contributed by atoms with E-state index in [1.54, 1.807) is 24.3 Å². The number of rotatable bonds is 5. The Balaban J connectivity index is 1.49. The molecule has 2 aromatic heterocycles. The molecule has 3 heterocycles. The van der Waals surface area contributed by atoms with E-state index in [1.165, 1.54) is 12.1 Å². The van der Waals surface area contributed by atoms with E-state index in [9.17, 15) is 13.2 Å². The van der Waals surface area contributed by atoms with Gasteiger partial charge >= 0.3 is 0 Å². The summed E-state index contributed by atoms with van der Waals surface area (Å²) in [6.07, 6.45) is 1.43. The molecule has 0 bridgehead atoms. The molecule has 4 rings (SSSR count). The standard InChI is InChI=1S/C19H19N5O4S/c1-12-7-8-17(28-12)15-11-16(23-22-15)19(25)21-13-4-2-5-14(10-13)29(26,27)24-18-6-3-9-20-18/h2,4-5,7-8,10-11H,3,6,9H2,1H3,(H,20,24)(H,21,25)(H,22,23). The highest BCUT2D eigenvalue weighted by Gasteiger charge is 2.19. The summed E-state index contributed by atoms with van der Waals surface area (Å²) in [5.41, 5.74) is 1.06. The summed E-state index contributed by atoms with van der Waals surface area (Å²) in [5.74, 6) is 1.30. The first kappa shape index (κ1) is 18.9. The lowest BCUT2D eigenvalue weighted by atomic mass is 10.2. The van der Waals surface area contributed by atoms with Crippen molar-refractivity contribution in [3.05, 3.63) is 53.9 Å². The summed E-state index contributed by atoms with van der Waals surface area (Å²) in [6.45, 7) is 2.44. The number of amidine groups is 1. The number of nitrogens with zero attached hydrogens (tertiary/aromatic N) is 2. The predicted molar refractivity (Wildman–Crippen MR) is 107 cm³/mol. The number of aryl methyl sites for hydroxylation is 1. The van der Waals surface area contributed by atoms with Gasteiger partial charge in [0.2, 0.25) is 0 Å². The van der Waals surface area contributed by atoms with Gasteiger partial charge in [0, 0.05) is 24.7 Å². The largest absolute Gasteiger partial charge is 0.460 e. The molecule has 0 atom stereocenters. The van der Waals surface area contributed by atoms with Gasteiger partial charge < -0.3 is 9.73 Å². The van der Waals surface area contributed by atoms with Crippen LogP contribution in [0.15, 0.2) is 56.8 Å². The number of nitrogens with one attached hydrogen (secondary N) is 3. The average molecular weight is 413 g/mol. The Labute approximate surface area is 167 Å². The SMILES string of the molecule is Cc1ccc(-c2cc(C(=O)Nc3cccc(S(=O)(=O)NC4=NCCC4)c3)n[nH]2)o1. The van der Waals surface area contributed by atoms with E-state index >= 15 is 0 Å². The van der Waals surface area contributed by atoms with E-state index < -0.39 is 15.9 Å². The molecule has 3 N–H and O–H groups in total. The zero-order valence-corrected chi connectivity index (χ0v) is 16.4. The fourth-order valence-corrected chi connectivity index (χ4v) is 4.05. The fourth-order valence-electron chi connectivity index (χ4n) is 2.92. The smallest absolute Gasteiger partial charge is 0.276 e. The molecular weight excluding hydrogens is 394 g/mol. The number of aromatic nitrogens is 2. The molecule has 150 valence electrons. The fraction of sp³-hybridized carbons (Fsp3) is 0.211. The van der Waals surface area contributed by atoms with Crippen molar-refractivity contribution in [2.24, 2.45) is 4.99 Å². The van der Waals surface area contributed by atoms with E-state index in [0.717, 1.165) is 12.2 Å². The molecule has 29 heavy (non-hydrogen) atoms. The zero-order chi connectivity index (χ0) is 20.4. The van der Waals surface area contributed by atoms with Crippen LogP contribution in [0.25, 0.3) is 11.5 Å². The number of sulfonamides is 1. The lowest BCUT2D eigenvalue weighted by Crippen LogP contribution is -2.29. The number of aromatic amines is 1. The second-order valence-corrected chi connectivity index (χ2v) is 8.28. The molecule has 0 saturated carbocycles. The Morgan fingerprint density at radius 2 is 2.07 bits per heavy atom. The van der Waals surface area contributed by atoms with Gasteiger partial charge in [0.05, 0.1) is 4.90 Å². The van der Waals surface area contributed by atoms with Gasteiger partial charge in [-0.3, -0.25) is 19.6 Å². The third-order valence-electron chi connectivity index (χ3n) is 4.35. The molecule has 0 unspecified atom stereocenters. The van der Waals surface area contributed by atoms with E-state index in [-0.39, 0.29) is 10.6 Å². The number of carbonyl (C=O) groups excluding carboxylic acids is 1. The van der Waals surface area contributed by atoms with Gasteiger partial charge in [0.1, 0.15) is 17.3 Å². The molecule has 0 radical (unpaired) electrons. The highest BCUT2D eigenvalue weighted by atomic mass is 32.2. The van der Waals surface area contributed by atoms with Crippen LogP contribution >= 0.6 is 0 Å². The second kappa shape index (κ2) is 7.55. The molecule has 0 saturated heterocycles. The number of benzene rings is 1. The summed E-state index contributed by atoms with van der Waals surface area (Å²) < 4.78 is 33.0. The molecule has 9 nitrogen and oxygen atoms in total. The first-order valence-electron chi connectivity index (χ1n) is 9.00. The van der Waals surface area contributed by atoms with Gasteiger partial charge in [-0.25, -0.2) is 8.42 Å². The van der Waals surface area contributed by atoms with Crippen LogP contribution in [0.3, 0.4) is 0 Å². The maximum atomic E-state index is 12.5. The van der Waals surface area contributed by atoms with Crippen molar-refractivity contribution in [2.75, 3.05) is 11.9 Å². The second-order valence-electron chi connectivity index (χ2n) is 6.60. The van der Waals surface area contributed by atoms with Crippen molar-refractivity contribution in [1.29, 1.82) is 0 Å². The summed E-state index contributed by atoms with van der Waals surface area (Å²) in [6, 6.07) is 11.2. The molecule has 1 aliphatic rings. The lowest BCUT2D eigenvalue weighted by Gasteiger charge is -2.09. The van der Waals surface area contributed by atoms with E-state index in [0.29, 0.717) is 35.9 Å². The Morgan fingerprint density at radius 1 is 1.21 bits per heavy atom. The van der Waals surface area contributed by atoms with Crippen molar-refractivity contribution >= 4 is 27.5 Å². The third kappa shape index (κ3) is 4.21. The topological polar surface area (TPSA) is 129 Å². The summed E-state index contributed by atoms with van der Waals surface area (Å²) in [5, 5.41) is 9.41. The third-order valence-corrected chi connectivity index (χ3v) is 5.72. The molecule has 1 aliphatic heterocycles. The molecule has 1 amide bonds. The van der Waals surface area contributed by atoms with Crippen LogP contribution < -0.4 is 10.0 Å². The first-order valence-corrected chi connectivity index (χ1v) is 10.5. The number of anilines is 1. The number of hydrogen-bond donors (Lipinski definition) is 3. The molecule has 0 spiro atoms. The summed E-state index contributed by atoms with van der Waals surface area (Å²) in [7, 11) is -3.76. The van der Waals surface area contributed by atoms with Gasteiger partial charge in [-0.1, -0.05) is 6.07 Å². The maximum absolute atomic E-state index is 12.5. The lowest BCUT2D eigenvalue weighted by molar-refractivity contribution is 0.102. The van der Waals surface area contributed by atoms with Crippen LogP contribution in [0.2, 0.25) is 0 Å². The zero-order valence-electron chi connectivity index (χ0n) is 15.6. The average Bonchev–Trinajstić information content (AvgIpc) is 3.43. The quantitative estimate of drug-likeness (QED) is 0.592. The van der Waals surface area contributed by atoms with Crippen LogP contribution in [0.1, 0.15) is 29.1 Å². The normalized spacial score (nSPS) is 13.9. The van der Waals surface area contributed by atoms with Crippen molar-refractivity contribution in [3.8, 4) is 11.5 Å². The van der Waals surface area contributed by atoms with Crippen LogP contribution in [-0.2, 0) is 10.0 Å². The number of furan rings is 1. The van der Waals surface area contributed by atoms with Crippen molar-refractivity contribution in [2.45, 2.75) is 24.7 Å². The maximum Gasteiger partial charge on any atom is 0.276 e. The predicted octanol–water partition coefficient (Wildman–Crippen LogP) is 2.70. The summed E-state index contributed by atoms with van der Waals surface area (Å²) >= 11 is 0. The molecule has 10 heteroatoms. The molecule has 0 aliphatic carbocycles.